The minimum Gasteiger partial charge on any atom is -0.335 e. The van der Waals surface area contributed by atoms with Gasteiger partial charge in [-0.2, -0.15) is 0 Å². The molecule has 3 N–H and O–H groups in total. The van der Waals surface area contributed by atoms with E-state index in [0.29, 0.717) is 11.1 Å². The molecule has 0 aliphatic carbocycles. The summed E-state index contributed by atoms with van der Waals surface area (Å²) in [6.07, 6.45) is 0.983. The zero-order valence-corrected chi connectivity index (χ0v) is 16.5. The van der Waals surface area contributed by atoms with Crippen molar-refractivity contribution in [2.45, 2.75) is 31.3 Å². The van der Waals surface area contributed by atoms with Crippen LogP contribution in [-0.2, 0) is 4.79 Å². The first-order valence-corrected chi connectivity index (χ1v) is 9.96. The maximum Gasteiger partial charge on any atom is 0.234 e. The Hall–Kier alpha value is -2.87. The number of thioether (sulfide) groups is 1. The first kappa shape index (κ1) is 19.9. The van der Waals surface area contributed by atoms with Gasteiger partial charge in [-0.1, -0.05) is 55.9 Å². The standard InChI is InChI=1S/C20H22FN5OS/c1-3-13(2)14-8-5-7-11-17(14)23-18(27)12-28-20-25-24-19(26(20)22)15-9-4-6-10-16(15)21/h4-11,13H,3,12,22H2,1-2H3,(H,23,27). The minimum absolute atomic E-state index is 0.113. The molecule has 3 aromatic rings. The highest BCUT2D eigenvalue weighted by molar-refractivity contribution is 7.99. The van der Waals surface area contributed by atoms with Crippen molar-refractivity contribution in [1.82, 2.24) is 14.9 Å². The fourth-order valence-electron chi connectivity index (χ4n) is 2.78. The third kappa shape index (κ3) is 4.33. The van der Waals surface area contributed by atoms with Gasteiger partial charge in [0.05, 0.1) is 11.3 Å². The van der Waals surface area contributed by atoms with Gasteiger partial charge in [0.15, 0.2) is 5.82 Å². The zero-order valence-electron chi connectivity index (χ0n) is 15.7. The number of hydrogen-bond donors (Lipinski definition) is 2. The van der Waals surface area contributed by atoms with E-state index < -0.39 is 5.82 Å². The normalized spacial score (nSPS) is 12.0. The number of anilines is 1. The molecule has 3 rings (SSSR count). The molecule has 0 aliphatic rings. The molecule has 6 nitrogen and oxygen atoms in total. The van der Waals surface area contributed by atoms with Crippen molar-refractivity contribution in [2.24, 2.45) is 0 Å². The number of nitrogens with one attached hydrogen (secondary N) is 1. The number of nitrogens with two attached hydrogens (primary N) is 1. The van der Waals surface area contributed by atoms with Crippen LogP contribution in [0.25, 0.3) is 11.4 Å². The predicted molar refractivity (Wildman–Crippen MR) is 110 cm³/mol. The number of nitrogen functional groups attached to an aromatic ring is 1. The maximum atomic E-state index is 13.9. The first-order valence-electron chi connectivity index (χ1n) is 8.98. The van der Waals surface area contributed by atoms with Gasteiger partial charge in [0, 0.05) is 5.69 Å². The third-order valence-corrected chi connectivity index (χ3v) is 5.43. The van der Waals surface area contributed by atoms with Crippen LogP contribution in [0.4, 0.5) is 10.1 Å². The molecule has 1 unspecified atom stereocenters. The van der Waals surface area contributed by atoms with Gasteiger partial charge in [0.1, 0.15) is 5.82 Å². The topological polar surface area (TPSA) is 85.8 Å². The van der Waals surface area contributed by atoms with Crippen molar-refractivity contribution in [3.05, 3.63) is 59.9 Å². The molecule has 1 heterocycles. The van der Waals surface area contributed by atoms with Gasteiger partial charge in [0.2, 0.25) is 11.1 Å². The van der Waals surface area contributed by atoms with E-state index in [4.69, 9.17) is 5.84 Å². The largest absolute Gasteiger partial charge is 0.335 e. The number of halogens is 1. The van der Waals surface area contributed by atoms with Crippen molar-refractivity contribution < 1.29 is 9.18 Å². The van der Waals surface area contributed by atoms with Crippen molar-refractivity contribution in [3.63, 3.8) is 0 Å². The zero-order chi connectivity index (χ0) is 20.1. The maximum absolute atomic E-state index is 13.9. The molecule has 0 bridgehead atoms. The van der Waals surface area contributed by atoms with Crippen LogP contribution in [0.5, 0.6) is 0 Å². The highest BCUT2D eigenvalue weighted by atomic mass is 32.2. The summed E-state index contributed by atoms with van der Waals surface area (Å²) in [5, 5.41) is 11.2. The van der Waals surface area contributed by atoms with Crippen LogP contribution in [0.1, 0.15) is 31.7 Å². The average molecular weight is 399 g/mol. The Morgan fingerprint density at radius 3 is 2.68 bits per heavy atom. The Morgan fingerprint density at radius 2 is 1.93 bits per heavy atom. The van der Waals surface area contributed by atoms with Crippen LogP contribution in [0, 0.1) is 5.82 Å². The summed E-state index contributed by atoms with van der Waals surface area (Å²) in [5.74, 6) is 6.06. The van der Waals surface area contributed by atoms with Gasteiger partial charge in [-0.3, -0.25) is 4.79 Å². The molecule has 2 aromatic carbocycles. The van der Waals surface area contributed by atoms with E-state index in [1.165, 1.54) is 10.7 Å². The van der Waals surface area contributed by atoms with Crippen LogP contribution >= 0.6 is 11.8 Å². The minimum atomic E-state index is -0.433. The van der Waals surface area contributed by atoms with Crippen LogP contribution < -0.4 is 11.2 Å². The number of amides is 1. The molecule has 0 saturated heterocycles. The molecule has 0 radical (unpaired) electrons. The fourth-order valence-corrected chi connectivity index (χ4v) is 3.44. The second-order valence-corrected chi connectivity index (χ2v) is 7.33. The number of benzene rings is 2. The molecule has 1 amide bonds. The Kier molecular flexibility index (Phi) is 6.30. The lowest BCUT2D eigenvalue weighted by Crippen LogP contribution is -2.17. The van der Waals surface area contributed by atoms with Crippen molar-refractivity contribution in [2.75, 3.05) is 16.9 Å². The summed E-state index contributed by atoms with van der Waals surface area (Å²) < 4.78 is 15.1. The van der Waals surface area contributed by atoms with Gasteiger partial charge < -0.3 is 11.2 Å². The molecule has 146 valence electrons. The molecule has 8 heteroatoms. The van der Waals surface area contributed by atoms with E-state index in [9.17, 15) is 9.18 Å². The second-order valence-electron chi connectivity index (χ2n) is 6.39. The Morgan fingerprint density at radius 1 is 1.21 bits per heavy atom. The van der Waals surface area contributed by atoms with Crippen LogP contribution in [0.3, 0.4) is 0 Å². The fraction of sp³-hybridized carbons (Fsp3) is 0.250. The number of rotatable bonds is 7. The number of nitrogens with zero attached hydrogens (tertiary/aromatic N) is 3. The number of hydrogen-bond acceptors (Lipinski definition) is 5. The van der Waals surface area contributed by atoms with E-state index in [1.54, 1.807) is 18.2 Å². The summed E-state index contributed by atoms with van der Waals surface area (Å²) in [6.45, 7) is 4.24. The summed E-state index contributed by atoms with van der Waals surface area (Å²) in [7, 11) is 0. The van der Waals surface area contributed by atoms with Gasteiger partial charge >= 0.3 is 0 Å². The predicted octanol–water partition coefficient (Wildman–Crippen LogP) is 4.04. The molecule has 0 saturated carbocycles. The highest BCUT2D eigenvalue weighted by Gasteiger charge is 2.17. The van der Waals surface area contributed by atoms with Crippen molar-refractivity contribution in [1.29, 1.82) is 0 Å². The number of para-hydroxylation sites is 1. The van der Waals surface area contributed by atoms with Gasteiger partial charge in [-0.25, -0.2) is 9.07 Å². The Labute approximate surface area is 167 Å². The Balaban J connectivity index is 1.67. The molecule has 0 spiro atoms. The SMILES string of the molecule is CCC(C)c1ccccc1NC(=O)CSc1nnc(-c2ccccc2F)n1N. The smallest absolute Gasteiger partial charge is 0.234 e. The molecule has 1 aromatic heterocycles. The third-order valence-electron chi connectivity index (χ3n) is 4.49. The lowest BCUT2D eigenvalue weighted by molar-refractivity contribution is -0.113. The molecule has 28 heavy (non-hydrogen) atoms. The molecular formula is C20H22FN5OS. The van der Waals surface area contributed by atoms with Crippen LogP contribution in [0.15, 0.2) is 53.7 Å². The van der Waals surface area contributed by atoms with Gasteiger partial charge in [-0.05, 0) is 36.1 Å². The van der Waals surface area contributed by atoms with Crippen LogP contribution in [-0.4, -0.2) is 26.5 Å². The lowest BCUT2D eigenvalue weighted by Gasteiger charge is -2.15. The monoisotopic (exact) mass is 399 g/mol. The quantitative estimate of drug-likeness (QED) is 0.463. The second kappa shape index (κ2) is 8.88. The van der Waals surface area contributed by atoms with E-state index in [2.05, 4.69) is 29.4 Å². The van der Waals surface area contributed by atoms with E-state index in [0.717, 1.165) is 29.4 Å². The van der Waals surface area contributed by atoms with Crippen LogP contribution in [0.2, 0.25) is 0 Å². The van der Waals surface area contributed by atoms with Crippen molar-refractivity contribution in [3.8, 4) is 11.4 Å². The van der Waals surface area contributed by atoms with E-state index in [-0.39, 0.29) is 23.0 Å². The molecule has 1 atom stereocenters. The molecule has 0 fully saturated rings. The summed E-state index contributed by atoms with van der Waals surface area (Å²) in [6, 6.07) is 14.0. The molecule has 0 aliphatic heterocycles. The number of carbonyl (C=O) groups is 1. The Bertz CT molecular complexity index is 975. The van der Waals surface area contributed by atoms with Gasteiger partial charge in [0.25, 0.3) is 0 Å². The van der Waals surface area contributed by atoms with E-state index >= 15 is 0 Å². The lowest BCUT2D eigenvalue weighted by atomic mass is 9.97. The molecular weight excluding hydrogens is 377 g/mol. The number of carbonyl (C=O) groups excluding carboxylic acids is 1. The summed E-state index contributed by atoms with van der Waals surface area (Å²) in [4.78, 5) is 12.4. The highest BCUT2D eigenvalue weighted by Crippen LogP contribution is 2.27. The van der Waals surface area contributed by atoms with Gasteiger partial charge in [-0.15, -0.1) is 10.2 Å². The van der Waals surface area contributed by atoms with E-state index in [1.807, 2.05) is 24.3 Å². The first-order chi connectivity index (χ1) is 13.5. The summed E-state index contributed by atoms with van der Waals surface area (Å²) in [5.41, 5.74) is 2.17. The van der Waals surface area contributed by atoms with Crippen molar-refractivity contribution >= 4 is 23.4 Å². The number of aromatic nitrogens is 3. The average Bonchev–Trinajstić information content (AvgIpc) is 3.07. The summed E-state index contributed by atoms with van der Waals surface area (Å²) >= 11 is 1.15.